The Labute approximate surface area is 179 Å². The second-order valence-electron chi connectivity index (χ2n) is 7.60. The molecule has 0 unspecified atom stereocenters. The number of amides is 2. The van der Waals surface area contributed by atoms with E-state index in [0.717, 1.165) is 35.3 Å². The van der Waals surface area contributed by atoms with Gasteiger partial charge in [0.05, 0.1) is 11.4 Å². The normalized spacial score (nSPS) is 13.9. The van der Waals surface area contributed by atoms with Crippen molar-refractivity contribution in [1.82, 2.24) is 15.1 Å². The Kier molecular flexibility index (Phi) is 5.79. The summed E-state index contributed by atoms with van der Waals surface area (Å²) in [6, 6.07) is 12.6. The van der Waals surface area contributed by atoms with Crippen LogP contribution in [0.3, 0.4) is 0 Å². The molecule has 0 atom stereocenters. The Morgan fingerprint density at radius 3 is 2.35 bits per heavy atom. The standard InChI is InChI=1S/C23H23F2N5O/c1-15-3-4-17(13-16(15)2)20-7-8-22(28-27-20)29-9-11-30(12-10-29)23(31)26-21-14-18(24)5-6-19(21)25/h3-8,13-14H,9-12H2,1-2H3,(H,26,31). The molecule has 1 N–H and O–H groups in total. The van der Waals surface area contributed by atoms with Crippen LogP contribution >= 0.6 is 0 Å². The topological polar surface area (TPSA) is 61.4 Å². The molecule has 1 aromatic heterocycles. The Bertz CT molecular complexity index is 1100. The molecule has 0 aliphatic carbocycles. The van der Waals surface area contributed by atoms with Gasteiger partial charge in [-0.3, -0.25) is 0 Å². The zero-order valence-corrected chi connectivity index (χ0v) is 17.4. The third kappa shape index (κ3) is 4.63. The number of halogens is 2. The first-order valence-electron chi connectivity index (χ1n) is 10.1. The largest absolute Gasteiger partial charge is 0.352 e. The van der Waals surface area contributed by atoms with Crippen LogP contribution in [0.5, 0.6) is 0 Å². The summed E-state index contributed by atoms with van der Waals surface area (Å²) < 4.78 is 27.1. The summed E-state index contributed by atoms with van der Waals surface area (Å²) >= 11 is 0. The number of rotatable bonds is 3. The third-order valence-electron chi connectivity index (χ3n) is 5.51. The van der Waals surface area contributed by atoms with E-state index in [9.17, 15) is 13.6 Å². The molecule has 2 aromatic carbocycles. The van der Waals surface area contributed by atoms with Gasteiger partial charge in [0, 0.05) is 37.8 Å². The minimum atomic E-state index is -0.674. The van der Waals surface area contributed by atoms with Crippen LogP contribution in [0, 0.1) is 25.5 Å². The number of urea groups is 1. The zero-order valence-electron chi connectivity index (χ0n) is 17.4. The van der Waals surface area contributed by atoms with E-state index in [4.69, 9.17) is 0 Å². The Morgan fingerprint density at radius 1 is 0.903 bits per heavy atom. The van der Waals surface area contributed by atoms with E-state index in [0.29, 0.717) is 26.2 Å². The summed E-state index contributed by atoms with van der Waals surface area (Å²) in [5, 5.41) is 11.2. The molecule has 0 bridgehead atoms. The highest BCUT2D eigenvalue weighted by atomic mass is 19.1. The number of aromatic nitrogens is 2. The quantitative estimate of drug-likeness (QED) is 0.679. The molecular weight excluding hydrogens is 400 g/mol. The van der Waals surface area contributed by atoms with Gasteiger partial charge in [-0.2, -0.15) is 0 Å². The van der Waals surface area contributed by atoms with Gasteiger partial charge in [0.25, 0.3) is 0 Å². The number of nitrogens with one attached hydrogen (secondary N) is 1. The number of hydrogen-bond acceptors (Lipinski definition) is 4. The van der Waals surface area contributed by atoms with Crippen molar-refractivity contribution in [2.45, 2.75) is 13.8 Å². The number of hydrogen-bond donors (Lipinski definition) is 1. The molecule has 160 valence electrons. The van der Waals surface area contributed by atoms with Crippen molar-refractivity contribution in [2.75, 3.05) is 36.4 Å². The van der Waals surface area contributed by atoms with Crippen molar-refractivity contribution in [3.8, 4) is 11.3 Å². The van der Waals surface area contributed by atoms with Gasteiger partial charge in [-0.25, -0.2) is 13.6 Å². The number of benzene rings is 2. The summed E-state index contributed by atoms with van der Waals surface area (Å²) in [5.74, 6) is -0.541. The van der Waals surface area contributed by atoms with E-state index in [-0.39, 0.29) is 5.69 Å². The SMILES string of the molecule is Cc1ccc(-c2ccc(N3CCN(C(=O)Nc4cc(F)ccc4F)CC3)nn2)cc1C. The Morgan fingerprint density at radius 2 is 1.68 bits per heavy atom. The molecular formula is C23H23F2N5O. The predicted octanol–water partition coefficient (Wildman–Crippen LogP) is 4.39. The second kappa shape index (κ2) is 8.67. The molecule has 8 heteroatoms. The van der Waals surface area contributed by atoms with Crippen molar-refractivity contribution in [3.05, 3.63) is 71.3 Å². The number of aryl methyl sites for hydroxylation is 2. The van der Waals surface area contributed by atoms with Crippen LogP contribution < -0.4 is 10.2 Å². The fourth-order valence-corrected chi connectivity index (χ4v) is 3.47. The summed E-state index contributed by atoms with van der Waals surface area (Å²) in [6.07, 6.45) is 0. The van der Waals surface area contributed by atoms with Crippen LogP contribution in [0.25, 0.3) is 11.3 Å². The molecule has 1 saturated heterocycles. The molecule has 2 amide bonds. The maximum absolute atomic E-state index is 13.8. The fraction of sp³-hybridized carbons (Fsp3) is 0.261. The molecule has 0 saturated carbocycles. The van der Waals surface area contributed by atoms with Crippen molar-refractivity contribution in [3.63, 3.8) is 0 Å². The van der Waals surface area contributed by atoms with E-state index >= 15 is 0 Å². The lowest BCUT2D eigenvalue weighted by Gasteiger charge is -2.35. The van der Waals surface area contributed by atoms with E-state index in [1.54, 1.807) is 4.90 Å². The molecule has 1 aliphatic rings. The molecule has 4 rings (SSSR count). The molecule has 0 spiro atoms. The van der Waals surface area contributed by atoms with Crippen LogP contribution in [0.2, 0.25) is 0 Å². The average Bonchev–Trinajstić information content (AvgIpc) is 2.78. The van der Waals surface area contributed by atoms with Gasteiger partial charge >= 0.3 is 6.03 Å². The maximum Gasteiger partial charge on any atom is 0.322 e. The van der Waals surface area contributed by atoms with Crippen molar-refractivity contribution in [2.24, 2.45) is 0 Å². The van der Waals surface area contributed by atoms with E-state index < -0.39 is 17.7 Å². The van der Waals surface area contributed by atoms with Crippen LogP contribution in [0.15, 0.2) is 48.5 Å². The number of carbonyl (C=O) groups excluding carboxylic acids is 1. The molecule has 31 heavy (non-hydrogen) atoms. The van der Waals surface area contributed by atoms with Gasteiger partial charge in [-0.1, -0.05) is 12.1 Å². The number of piperazine rings is 1. The number of nitrogens with zero attached hydrogens (tertiary/aromatic N) is 4. The smallest absolute Gasteiger partial charge is 0.322 e. The Hall–Kier alpha value is -3.55. The van der Waals surface area contributed by atoms with Gasteiger partial charge in [0.1, 0.15) is 11.6 Å². The summed E-state index contributed by atoms with van der Waals surface area (Å²) in [5.41, 5.74) is 4.10. The van der Waals surface area contributed by atoms with Crippen molar-refractivity contribution >= 4 is 17.5 Å². The first-order chi connectivity index (χ1) is 14.9. The third-order valence-corrected chi connectivity index (χ3v) is 5.51. The maximum atomic E-state index is 13.8. The zero-order chi connectivity index (χ0) is 22.0. The van der Waals surface area contributed by atoms with E-state index in [2.05, 4.69) is 41.5 Å². The monoisotopic (exact) mass is 423 g/mol. The van der Waals surface area contributed by atoms with Gasteiger partial charge in [0.15, 0.2) is 5.82 Å². The minimum Gasteiger partial charge on any atom is -0.352 e. The van der Waals surface area contributed by atoms with Crippen molar-refractivity contribution < 1.29 is 13.6 Å². The molecule has 6 nitrogen and oxygen atoms in total. The molecule has 3 aromatic rings. The first-order valence-corrected chi connectivity index (χ1v) is 10.1. The Balaban J connectivity index is 1.36. The summed E-state index contributed by atoms with van der Waals surface area (Å²) in [4.78, 5) is 16.0. The lowest BCUT2D eigenvalue weighted by Crippen LogP contribution is -2.50. The first kappa shape index (κ1) is 20.7. The molecule has 1 fully saturated rings. The second-order valence-corrected chi connectivity index (χ2v) is 7.60. The van der Waals surface area contributed by atoms with Crippen molar-refractivity contribution in [1.29, 1.82) is 0 Å². The lowest BCUT2D eigenvalue weighted by molar-refractivity contribution is 0.208. The number of carbonyl (C=O) groups is 1. The predicted molar refractivity (Wildman–Crippen MR) is 116 cm³/mol. The van der Waals surface area contributed by atoms with Crippen LogP contribution in [0.4, 0.5) is 25.1 Å². The van der Waals surface area contributed by atoms with Gasteiger partial charge in [-0.05, 0) is 55.3 Å². The summed E-state index contributed by atoms with van der Waals surface area (Å²) in [6.45, 7) is 6.14. The fourth-order valence-electron chi connectivity index (χ4n) is 3.47. The van der Waals surface area contributed by atoms with Gasteiger partial charge in [0.2, 0.25) is 0 Å². The number of anilines is 2. The van der Waals surface area contributed by atoms with Crippen LogP contribution in [0.1, 0.15) is 11.1 Å². The lowest BCUT2D eigenvalue weighted by atomic mass is 10.0. The van der Waals surface area contributed by atoms with Crippen LogP contribution in [-0.2, 0) is 0 Å². The van der Waals surface area contributed by atoms with Gasteiger partial charge in [-0.15, -0.1) is 10.2 Å². The average molecular weight is 423 g/mol. The minimum absolute atomic E-state index is 0.166. The van der Waals surface area contributed by atoms with E-state index in [1.807, 2.05) is 23.1 Å². The summed E-state index contributed by atoms with van der Waals surface area (Å²) in [7, 11) is 0. The highest BCUT2D eigenvalue weighted by Gasteiger charge is 2.23. The molecule has 1 aliphatic heterocycles. The highest BCUT2D eigenvalue weighted by molar-refractivity contribution is 5.89. The van der Waals surface area contributed by atoms with Crippen LogP contribution in [-0.4, -0.2) is 47.3 Å². The highest BCUT2D eigenvalue weighted by Crippen LogP contribution is 2.22. The molecule has 0 radical (unpaired) electrons. The van der Waals surface area contributed by atoms with E-state index in [1.165, 1.54) is 11.1 Å². The van der Waals surface area contributed by atoms with Gasteiger partial charge < -0.3 is 15.1 Å². The molecule has 2 heterocycles.